The van der Waals surface area contributed by atoms with Crippen molar-refractivity contribution in [2.24, 2.45) is 0 Å². The molecule has 1 aromatic rings. The van der Waals surface area contributed by atoms with E-state index in [9.17, 15) is 0 Å². The fourth-order valence-electron chi connectivity index (χ4n) is 1.73. The van der Waals surface area contributed by atoms with Crippen LogP contribution in [0.5, 0.6) is 0 Å². The third-order valence-corrected chi connectivity index (χ3v) is 4.21. The van der Waals surface area contributed by atoms with Crippen molar-refractivity contribution in [3.8, 4) is 0 Å². The van der Waals surface area contributed by atoms with E-state index in [1.165, 1.54) is 9.35 Å². The van der Waals surface area contributed by atoms with Crippen molar-refractivity contribution in [2.75, 3.05) is 39.4 Å². The lowest BCUT2D eigenvalue weighted by molar-refractivity contribution is 0.0384. The molecular formula is C11H17BrN2OS. The molecule has 5 heteroatoms. The molecule has 0 atom stereocenters. The van der Waals surface area contributed by atoms with Gasteiger partial charge in [0.25, 0.3) is 0 Å². The molecule has 0 aliphatic carbocycles. The first kappa shape index (κ1) is 12.5. The van der Waals surface area contributed by atoms with Gasteiger partial charge >= 0.3 is 0 Å². The third kappa shape index (κ3) is 4.14. The highest BCUT2D eigenvalue weighted by Crippen LogP contribution is 2.20. The van der Waals surface area contributed by atoms with Gasteiger partial charge in [-0.3, -0.25) is 4.90 Å². The molecule has 0 radical (unpaired) electrons. The Morgan fingerprint density at radius 2 is 2.25 bits per heavy atom. The van der Waals surface area contributed by atoms with Crippen LogP contribution in [0.15, 0.2) is 15.2 Å². The molecule has 1 fully saturated rings. The summed E-state index contributed by atoms with van der Waals surface area (Å²) < 4.78 is 6.52. The molecule has 1 saturated heterocycles. The number of nitrogens with zero attached hydrogens (tertiary/aromatic N) is 1. The molecule has 3 nitrogen and oxygen atoms in total. The summed E-state index contributed by atoms with van der Waals surface area (Å²) in [6.07, 6.45) is 0. The Hall–Kier alpha value is 0.0600. The zero-order valence-electron chi connectivity index (χ0n) is 9.25. The van der Waals surface area contributed by atoms with Crippen molar-refractivity contribution in [1.29, 1.82) is 0 Å². The van der Waals surface area contributed by atoms with Gasteiger partial charge in [0.05, 0.1) is 17.0 Å². The van der Waals surface area contributed by atoms with Gasteiger partial charge in [0.1, 0.15) is 0 Å². The van der Waals surface area contributed by atoms with Gasteiger partial charge in [-0.1, -0.05) is 0 Å². The smallest absolute Gasteiger partial charge is 0.0701 e. The summed E-state index contributed by atoms with van der Waals surface area (Å²) >= 11 is 5.21. The van der Waals surface area contributed by atoms with Crippen LogP contribution < -0.4 is 5.32 Å². The van der Waals surface area contributed by atoms with Gasteiger partial charge in [0.15, 0.2) is 0 Å². The molecule has 0 bridgehead atoms. The van der Waals surface area contributed by atoms with Crippen LogP contribution in [-0.4, -0.2) is 44.3 Å². The van der Waals surface area contributed by atoms with E-state index in [1.807, 2.05) is 0 Å². The largest absolute Gasteiger partial charge is 0.379 e. The maximum Gasteiger partial charge on any atom is 0.0701 e. The summed E-state index contributed by atoms with van der Waals surface area (Å²) in [4.78, 5) is 2.44. The minimum atomic E-state index is 0.886. The Bertz CT molecular complexity index is 313. The van der Waals surface area contributed by atoms with Crippen LogP contribution in [0.25, 0.3) is 0 Å². The van der Waals surface area contributed by atoms with E-state index in [4.69, 9.17) is 4.74 Å². The number of hydrogen-bond donors (Lipinski definition) is 1. The summed E-state index contributed by atoms with van der Waals surface area (Å²) in [7, 11) is 0. The first-order chi connectivity index (χ1) is 7.84. The third-order valence-electron chi connectivity index (χ3n) is 2.66. The summed E-state index contributed by atoms with van der Waals surface area (Å²) in [5, 5.41) is 5.65. The van der Waals surface area contributed by atoms with Crippen molar-refractivity contribution in [1.82, 2.24) is 10.2 Å². The second-order valence-corrected chi connectivity index (χ2v) is 6.18. The molecule has 0 aromatic carbocycles. The number of morpholine rings is 1. The Morgan fingerprint density at radius 3 is 2.94 bits per heavy atom. The molecule has 2 rings (SSSR count). The Labute approximate surface area is 109 Å². The van der Waals surface area contributed by atoms with E-state index in [2.05, 4.69) is 37.6 Å². The number of rotatable bonds is 5. The van der Waals surface area contributed by atoms with Crippen LogP contribution in [0.3, 0.4) is 0 Å². The molecule has 2 heterocycles. The predicted molar refractivity (Wildman–Crippen MR) is 71.0 cm³/mol. The van der Waals surface area contributed by atoms with Gasteiger partial charge < -0.3 is 10.1 Å². The molecule has 1 aromatic heterocycles. The van der Waals surface area contributed by atoms with Crippen molar-refractivity contribution < 1.29 is 4.74 Å². The molecule has 1 aliphatic heterocycles. The topological polar surface area (TPSA) is 24.5 Å². The molecule has 90 valence electrons. The van der Waals surface area contributed by atoms with Crippen LogP contribution in [0.2, 0.25) is 0 Å². The fourth-order valence-corrected chi connectivity index (χ4v) is 2.94. The van der Waals surface area contributed by atoms with Crippen LogP contribution in [0, 0.1) is 0 Å². The molecule has 0 spiro atoms. The van der Waals surface area contributed by atoms with Gasteiger partial charge in [-0.2, -0.15) is 0 Å². The number of thiophene rings is 1. The normalized spacial score (nSPS) is 17.8. The molecule has 16 heavy (non-hydrogen) atoms. The molecule has 0 saturated carbocycles. The minimum absolute atomic E-state index is 0.886. The zero-order chi connectivity index (χ0) is 11.2. The van der Waals surface area contributed by atoms with Crippen molar-refractivity contribution >= 4 is 27.3 Å². The summed E-state index contributed by atoms with van der Waals surface area (Å²) in [5.74, 6) is 0. The number of halogens is 1. The molecular weight excluding hydrogens is 288 g/mol. The summed E-state index contributed by atoms with van der Waals surface area (Å²) in [6.45, 7) is 7.06. The van der Waals surface area contributed by atoms with Crippen LogP contribution in [0.4, 0.5) is 0 Å². The van der Waals surface area contributed by atoms with Crippen molar-refractivity contribution in [2.45, 2.75) is 6.54 Å². The van der Waals surface area contributed by atoms with Crippen LogP contribution in [-0.2, 0) is 11.3 Å². The monoisotopic (exact) mass is 304 g/mol. The average Bonchev–Trinajstić information content (AvgIpc) is 2.72. The van der Waals surface area contributed by atoms with Gasteiger partial charge in [-0.15, -0.1) is 11.3 Å². The van der Waals surface area contributed by atoms with E-state index in [0.717, 1.165) is 45.9 Å². The number of nitrogens with one attached hydrogen (secondary N) is 1. The molecule has 1 aliphatic rings. The lowest BCUT2D eigenvalue weighted by atomic mass is 10.3. The molecule has 1 N–H and O–H groups in total. The first-order valence-corrected chi connectivity index (χ1v) is 7.25. The van der Waals surface area contributed by atoms with Gasteiger partial charge in [-0.05, 0) is 32.9 Å². The lowest BCUT2D eigenvalue weighted by Crippen LogP contribution is -2.40. The van der Waals surface area contributed by atoms with E-state index >= 15 is 0 Å². The molecule has 0 unspecified atom stereocenters. The standard InChI is InChI=1S/C11H17BrN2OS/c12-11-7-10(9-16-11)8-13-1-2-14-3-5-15-6-4-14/h7,9,13H,1-6,8H2. The first-order valence-electron chi connectivity index (χ1n) is 5.58. The highest BCUT2D eigenvalue weighted by atomic mass is 79.9. The van der Waals surface area contributed by atoms with E-state index in [1.54, 1.807) is 11.3 Å². The van der Waals surface area contributed by atoms with Crippen LogP contribution >= 0.6 is 27.3 Å². The maximum atomic E-state index is 5.31. The van der Waals surface area contributed by atoms with E-state index in [0.29, 0.717) is 0 Å². The SMILES string of the molecule is Brc1cc(CNCCN2CCOCC2)cs1. The Balaban J connectivity index is 1.57. The number of hydrogen-bond acceptors (Lipinski definition) is 4. The number of ether oxygens (including phenoxy) is 1. The Morgan fingerprint density at radius 1 is 1.44 bits per heavy atom. The van der Waals surface area contributed by atoms with Crippen molar-refractivity contribution in [3.05, 3.63) is 20.8 Å². The van der Waals surface area contributed by atoms with E-state index < -0.39 is 0 Å². The highest BCUT2D eigenvalue weighted by Gasteiger charge is 2.08. The van der Waals surface area contributed by atoms with Crippen LogP contribution in [0.1, 0.15) is 5.56 Å². The average molecular weight is 305 g/mol. The highest BCUT2D eigenvalue weighted by molar-refractivity contribution is 9.11. The second kappa shape index (κ2) is 6.71. The lowest BCUT2D eigenvalue weighted by Gasteiger charge is -2.26. The fraction of sp³-hybridized carbons (Fsp3) is 0.636. The van der Waals surface area contributed by atoms with Gasteiger partial charge in [0, 0.05) is 32.7 Å². The second-order valence-electron chi connectivity index (χ2n) is 3.89. The zero-order valence-corrected chi connectivity index (χ0v) is 11.6. The predicted octanol–water partition coefficient (Wildman–Crippen LogP) is 1.93. The summed E-state index contributed by atoms with van der Waals surface area (Å²) in [6, 6.07) is 2.17. The van der Waals surface area contributed by atoms with Gasteiger partial charge in [0.2, 0.25) is 0 Å². The molecule has 0 amide bonds. The minimum Gasteiger partial charge on any atom is -0.379 e. The maximum absolute atomic E-state index is 5.31. The Kier molecular flexibility index (Phi) is 5.25. The van der Waals surface area contributed by atoms with E-state index in [-0.39, 0.29) is 0 Å². The summed E-state index contributed by atoms with van der Waals surface area (Å²) in [5.41, 5.74) is 1.36. The van der Waals surface area contributed by atoms with Crippen molar-refractivity contribution in [3.63, 3.8) is 0 Å². The van der Waals surface area contributed by atoms with Gasteiger partial charge in [-0.25, -0.2) is 0 Å². The quantitative estimate of drug-likeness (QED) is 0.841.